The third-order valence-corrected chi connectivity index (χ3v) is 4.07. The van der Waals surface area contributed by atoms with Crippen LogP contribution in [0.5, 0.6) is 11.5 Å². The second-order valence-electron chi connectivity index (χ2n) is 4.57. The van der Waals surface area contributed by atoms with Crippen LogP contribution in [-0.2, 0) is 6.42 Å². The first-order valence-electron chi connectivity index (χ1n) is 7.04. The van der Waals surface area contributed by atoms with Crippen LogP contribution in [0.25, 0.3) is 10.6 Å². The Balaban J connectivity index is 2.06. The molecule has 2 rings (SSSR count). The number of ether oxygens (including phenoxy) is 2. The van der Waals surface area contributed by atoms with Gasteiger partial charge in [0.25, 0.3) is 0 Å². The fraction of sp³-hybridized carbons (Fsp3) is 0.467. The maximum atomic E-state index is 5.32. The predicted octanol–water partition coefficient (Wildman–Crippen LogP) is 2.76. The molecule has 0 unspecified atom stereocenters. The molecule has 0 spiro atoms. The molecule has 0 atom stereocenters. The van der Waals surface area contributed by atoms with Gasteiger partial charge in [0.1, 0.15) is 10.0 Å². The molecule has 1 aromatic carbocycles. The van der Waals surface area contributed by atoms with E-state index in [0.29, 0.717) is 5.75 Å². The van der Waals surface area contributed by atoms with Crippen molar-refractivity contribution in [2.45, 2.75) is 19.8 Å². The van der Waals surface area contributed by atoms with Crippen LogP contribution in [0, 0.1) is 0 Å². The Morgan fingerprint density at radius 2 is 1.90 bits per heavy atom. The van der Waals surface area contributed by atoms with Gasteiger partial charge < -0.3 is 14.8 Å². The molecule has 114 valence electrons. The summed E-state index contributed by atoms with van der Waals surface area (Å²) in [5.41, 5.74) is 0.998. The molecule has 0 radical (unpaired) electrons. The zero-order chi connectivity index (χ0) is 15.1. The number of benzene rings is 1. The highest BCUT2D eigenvalue weighted by Gasteiger charge is 2.10. The lowest BCUT2D eigenvalue weighted by Crippen LogP contribution is -2.17. The standard InChI is InChI=1S/C15H21N3O2S/c1-4-8-16-9-7-14-17-18-15(21-14)11-5-6-12(19-2)13(10-11)20-3/h5-6,10,16H,4,7-9H2,1-3H3. The maximum Gasteiger partial charge on any atom is 0.161 e. The van der Waals surface area contributed by atoms with Gasteiger partial charge in [-0.2, -0.15) is 0 Å². The van der Waals surface area contributed by atoms with Crippen molar-refractivity contribution in [2.24, 2.45) is 0 Å². The van der Waals surface area contributed by atoms with Crippen molar-refractivity contribution in [1.29, 1.82) is 0 Å². The molecule has 0 saturated heterocycles. The van der Waals surface area contributed by atoms with Gasteiger partial charge in [-0.3, -0.25) is 0 Å². The average molecular weight is 307 g/mol. The van der Waals surface area contributed by atoms with Gasteiger partial charge in [0.2, 0.25) is 0 Å². The highest BCUT2D eigenvalue weighted by molar-refractivity contribution is 7.14. The van der Waals surface area contributed by atoms with E-state index in [4.69, 9.17) is 9.47 Å². The van der Waals surface area contributed by atoms with Crippen LogP contribution >= 0.6 is 11.3 Å². The van der Waals surface area contributed by atoms with E-state index in [-0.39, 0.29) is 0 Å². The first-order chi connectivity index (χ1) is 10.3. The molecule has 1 aromatic heterocycles. The quantitative estimate of drug-likeness (QED) is 0.760. The first kappa shape index (κ1) is 15.7. The van der Waals surface area contributed by atoms with Crippen LogP contribution in [0.3, 0.4) is 0 Å². The minimum absolute atomic E-state index is 0.705. The molecule has 5 nitrogen and oxygen atoms in total. The summed E-state index contributed by atoms with van der Waals surface area (Å²) in [6, 6.07) is 5.79. The lowest BCUT2D eigenvalue weighted by molar-refractivity contribution is 0.355. The summed E-state index contributed by atoms with van der Waals surface area (Å²) < 4.78 is 10.6. The van der Waals surface area contributed by atoms with E-state index in [9.17, 15) is 0 Å². The molecular formula is C15H21N3O2S. The van der Waals surface area contributed by atoms with E-state index in [1.165, 1.54) is 0 Å². The Labute approximate surface area is 129 Å². The van der Waals surface area contributed by atoms with Gasteiger partial charge in [0.05, 0.1) is 14.2 Å². The van der Waals surface area contributed by atoms with E-state index in [1.54, 1.807) is 25.6 Å². The molecule has 1 N–H and O–H groups in total. The lowest BCUT2D eigenvalue weighted by atomic mass is 10.2. The Hall–Kier alpha value is -1.66. The number of methoxy groups -OCH3 is 2. The summed E-state index contributed by atoms with van der Waals surface area (Å²) in [5.74, 6) is 1.42. The Bertz CT molecular complexity index is 572. The molecule has 0 aliphatic heterocycles. The van der Waals surface area contributed by atoms with E-state index in [2.05, 4.69) is 22.4 Å². The Morgan fingerprint density at radius 3 is 2.62 bits per heavy atom. The molecule has 0 bridgehead atoms. The number of hydrogen-bond donors (Lipinski definition) is 1. The molecule has 0 saturated carbocycles. The number of nitrogens with zero attached hydrogens (tertiary/aromatic N) is 2. The molecule has 0 aliphatic carbocycles. The van der Waals surface area contributed by atoms with Crippen molar-refractivity contribution in [3.8, 4) is 22.1 Å². The van der Waals surface area contributed by atoms with Crippen molar-refractivity contribution >= 4 is 11.3 Å². The average Bonchev–Trinajstić information content (AvgIpc) is 2.99. The molecular weight excluding hydrogens is 286 g/mol. The van der Waals surface area contributed by atoms with E-state index in [0.717, 1.165) is 47.3 Å². The van der Waals surface area contributed by atoms with Gasteiger partial charge in [-0.15, -0.1) is 10.2 Å². The summed E-state index contributed by atoms with van der Waals surface area (Å²) in [6.45, 7) is 4.14. The van der Waals surface area contributed by atoms with Crippen LogP contribution in [-0.4, -0.2) is 37.5 Å². The minimum atomic E-state index is 0.705. The second-order valence-corrected chi connectivity index (χ2v) is 5.63. The monoisotopic (exact) mass is 307 g/mol. The van der Waals surface area contributed by atoms with Gasteiger partial charge in [-0.25, -0.2) is 0 Å². The summed E-state index contributed by atoms with van der Waals surface area (Å²) >= 11 is 1.62. The van der Waals surface area contributed by atoms with Crippen LogP contribution in [0.1, 0.15) is 18.4 Å². The van der Waals surface area contributed by atoms with Crippen molar-refractivity contribution in [3.05, 3.63) is 23.2 Å². The van der Waals surface area contributed by atoms with Crippen molar-refractivity contribution < 1.29 is 9.47 Å². The van der Waals surface area contributed by atoms with Crippen molar-refractivity contribution in [3.63, 3.8) is 0 Å². The van der Waals surface area contributed by atoms with Crippen molar-refractivity contribution in [1.82, 2.24) is 15.5 Å². The fourth-order valence-corrected chi connectivity index (χ4v) is 2.77. The number of nitrogens with one attached hydrogen (secondary N) is 1. The van der Waals surface area contributed by atoms with Crippen LogP contribution < -0.4 is 14.8 Å². The summed E-state index contributed by atoms with van der Waals surface area (Å²) in [5, 5.41) is 13.8. The summed E-state index contributed by atoms with van der Waals surface area (Å²) in [7, 11) is 3.26. The topological polar surface area (TPSA) is 56.3 Å². The predicted molar refractivity (Wildman–Crippen MR) is 85.3 cm³/mol. The normalized spacial score (nSPS) is 10.6. The zero-order valence-corrected chi connectivity index (χ0v) is 13.5. The minimum Gasteiger partial charge on any atom is -0.493 e. The molecule has 0 fully saturated rings. The first-order valence-corrected chi connectivity index (χ1v) is 7.85. The molecule has 6 heteroatoms. The van der Waals surface area contributed by atoms with Gasteiger partial charge >= 0.3 is 0 Å². The third kappa shape index (κ3) is 4.15. The van der Waals surface area contributed by atoms with Crippen LogP contribution in [0.2, 0.25) is 0 Å². The number of rotatable bonds is 8. The SMILES string of the molecule is CCCNCCc1nnc(-c2ccc(OC)c(OC)c2)s1. The number of hydrogen-bond acceptors (Lipinski definition) is 6. The Morgan fingerprint density at radius 1 is 1.10 bits per heavy atom. The van der Waals surface area contributed by atoms with E-state index in [1.807, 2.05) is 18.2 Å². The smallest absolute Gasteiger partial charge is 0.161 e. The van der Waals surface area contributed by atoms with Crippen LogP contribution in [0.15, 0.2) is 18.2 Å². The maximum absolute atomic E-state index is 5.32. The molecule has 0 amide bonds. The van der Waals surface area contributed by atoms with Gasteiger partial charge in [0, 0.05) is 18.5 Å². The van der Waals surface area contributed by atoms with Crippen LogP contribution in [0.4, 0.5) is 0 Å². The lowest BCUT2D eigenvalue weighted by Gasteiger charge is -2.07. The molecule has 2 aromatic rings. The van der Waals surface area contributed by atoms with Gasteiger partial charge in [-0.05, 0) is 31.2 Å². The highest BCUT2D eigenvalue weighted by atomic mass is 32.1. The largest absolute Gasteiger partial charge is 0.493 e. The highest BCUT2D eigenvalue weighted by Crippen LogP contribution is 2.33. The molecule has 1 heterocycles. The molecule has 0 aliphatic rings. The Kier molecular flexibility index (Phi) is 5.95. The summed E-state index contributed by atoms with van der Waals surface area (Å²) in [4.78, 5) is 0. The fourth-order valence-electron chi connectivity index (χ4n) is 1.94. The summed E-state index contributed by atoms with van der Waals surface area (Å²) in [6.07, 6.45) is 2.05. The van der Waals surface area contributed by atoms with E-state index < -0.39 is 0 Å². The second kappa shape index (κ2) is 7.95. The van der Waals surface area contributed by atoms with Crippen molar-refractivity contribution in [2.75, 3.05) is 27.3 Å². The van der Waals surface area contributed by atoms with E-state index >= 15 is 0 Å². The molecule has 21 heavy (non-hydrogen) atoms. The number of aromatic nitrogens is 2. The van der Waals surface area contributed by atoms with Gasteiger partial charge in [0.15, 0.2) is 11.5 Å². The zero-order valence-electron chi connectivity index (χ0n) is 12.7. The third-order valence-electron chi connectivity index (χ3n) is 3.04. The van der Waals surface area contributed by atoms with Gasteiger partial charge in [-0.1, -0.05) is 18.3 Å².